The lowest BCUT2D eigenvalue weighted by molar-refractivity contribution is 0.477. The number of hydrogen-bond acceptors (Lipinski definition) is 7. The van der Waals surface area contributed by atoms with Gasteiger partial charge in [-0.2, -0.15) is 0 Å². The predicted octanol–water partition coefficient (Wildman–Crippen LogP) is 4.55. The van der Waals surface area contributed by atoms with Gasteiger partial charge in [0.25, 0.3) is 0 Å². The molecule has 6 rings (SSSR count). The molecule has 0 amide bonds. The number of pyridine rings is 2. The van der Waals surface area contributed by atoms with E-state index in [1.807, 2.05) is 24.3 Å². The SMILES string of the molecule is C1CCC1.Cc1nc2cc(O)c(-c3ccc4nc(N5CCC(N)C5)ccc4n3)cc2o1. The number of oxazole rings is 1. The first-order valence-electron chi connectivity index (χ1n) is 11.0. The molecular weight excluding hydrogens is 390 g/mol. The van der Waals surface area contributed by atoms with Crippen LogP contribution in [0.15, 0.2) is 40.8 Å². The Morgan fingerprint density at radius 3 is 2.42 bits per heavy atom. The van der Waals surface area contributed by atoms with Gasteiger partial charge in [0.2, 0.25) is 0 Å². The first-order valence-corrected chi connectivity index (χ1v) is 11.0. The molecule has 4 aromatic rings. The van der Waals surface area contributed by atoms with Crippen molar-refractivity contribution in [3.8, 4) is 17.0 Å². The van der Waals surface area contributed by atoms with E-state index >= 15 is 0 Å². The number of nitrogens with two attached hydrogens (primary N) is 1. The molecule has 7 nitrogen and oxygen atoms in total. The minimum Gasteiger partial charge on any atom is -0.507 e. The highest BCUT2D eigenvalue weighted by atomic mass is 16.3. The molecule has 1 saturated heterocycles. The van der Waals surface area contributed by atoms with Crippen LogP contribution < -0.4 is 10.6 Å². The molecule has 160 valence electrons. The molecule has 1 aliphatic carbocycles. The summed E-state index contributed by atoms with van der Waals surface area (Å²) >= 11 is 0. The molecule has 1 unspecified atom stereocenters. The van der Waals surface area contributed by atoms with Gasteiger partial charge in [-0.05, 0) is 36.8 Å². The highest BCUT2D eigenvalue weighted by molar-refractivity contribution is 5.86. The first kappa shape index (κ1) is 19.8. The van der Waals surface area contributed by atoms with E-state index in [1.54, 1.807) is 19.1 Å². The van der Waals surface area contributed by atoms with E-state index in [2.05, 4.69) is 14.9 Å². The third-order valence-corrected chi connectivity index (χ3v) is 5.97. The summed E-state index contributed by atoms with van der Waals surface area (Å²) in [5.41, 5.74) is 10.1. The normalized spacial score (nSPS) is 18.1. The maximum atomic E-state index is 10.4. The number of anilines is 1. The maximum Gasteiger partial charge on any atom is 0.192 e. The van der Waals surface area contributed by atoms with Crippen molar-refractivity contribution >= 4 is 28.0 Å². The Morgan fingerprint density at radius 2 is 1.71 bits per heavy atom. The van der Waals surface area contributed by atoms with E-state index in [4.69, 9.17) is 15.1 Å². The molecule has 1 atom stereocenters. The fourth-order valence-corrected chi connectivity index (χ4v) is 3.85. The lowest BCUT2D eigenvalue weighted by Gasteiger charge is -2.17. The molecule has 2 fully saturated rings. The summed E-state index contributed by atoms with van der Waals surface area (Å²) in [5.74, 6) is 1.61. The molecule has 1 aliphatic heterocycles. The van der Waals surface area contributed by atoms with E-state index in [0.29, 0.717) is 28.2 Å². The summed E-state index contributed by atoms with van der Waals surface area (Å²) in [6, 6.07) is 11.3. The van der Waals surface area contributed by atoms with Crippen LogP contribution in [0, 0.1) is 6.92 Å². The van der Waals surface area contributed by atoms with E-state index in [9.17, 15) is 5.11 Å². The zero-order valence-corrected chi connectivity index (χ0v) is 17.7. The van der Waals surface area contributed by atoms with Crippen molar-refractivity contribution in [2.45, 2.75) is 45.1 Å². The van der Waals surface area contributed by atoms with Crippen molar-refractivity contribution in [2.75, 3.05) is 18.0 Å². The summed E-state index contributed by atoms with van der Waals surface area (Å²) in [5, 5.41) is 10.4. The standard InChI is InChI=1S/C20H19N5O2.C4H8/c1-11-22-17-9-18(26)13(8-19(17)27-11)14-2-3-16-15(23-14)4-5-20(24-16)25-7-6-12(21)10-25;1-2-4-3-1/h2-5,8-9,12,26H,6-7,10,21H2,1H3;1-4H2. The Bertz CT molecular complexity index is 1230. The number of nitrogens with zero attached hydrogens (tertiary/aromatic N) is 4. The summed E-state index contributed by atoms with van der Waals surface area (Å²) in [7, 11) is 0. The fraction of sp³-hybridized carbons (Fsp3) is 0.375. The van der Waals surface area contributed by atoms with Gasteiger partial charge in [-0.3, -0.25) is 0 Å². The average Bonchev–Trinajstić information content (AvgIpc) is 3.29. The Morgan fingerprint density at radius 1 is 0.968 bits per heavy atom. The van der Waals surface area contributed by atoms with Crippen LogP contribution in [0.5, 0.6) is 5.75 Å². The lowest BCUT2D eigenvalue weighted by Crippen LogP contribution is -2.26. The van der Waals surface area contributed by atoms with Gasteiger partial charge in [-0.15, -0.1) is 0 Å². The maximum absolute atomic E-state index is 10.4. The van der Waals surface area contributed by atoms with Crippen LogP contribution in [-0.4, -0.2) is 39.2 Å². The molecular formula is C24H27N5O2. The number of aryl methyl sites for hydroxylation is 1. The van der Waals surface area contributed by atoms with Gasteiger partial charge in [-0.25, -0.2) is 15.0 Å². The number of aromatic hydroxyl groups is 1. The number of aromatic nitrogens is 3. The molecule has 3 N–H and O–H groups in total. The van der Waals surface area contributed by atoms with Gasteiger partial charge in [0.1, 0.15) is 17.1 Å². The van der Waals surface area contributed by atoms with E-state index in [0.717, 1.165) is 36.4 Å². The Balaban J connectivity index is 0.000000461. The Kier molecular flexibility index (Phi) is 5.19. The van der Waals surface area contributed by atoms with Crippen LogP contribution in [0.4, 0.5) is 5.82 Å². The van der Waals surface area contributed by atoms with Crippen molar-refractivity contribution in [3.63, 3.8) is 0 Å². The molecule has 0 spiro atoms. The zero-order valence-electron chi connectivity index (χ0n) is 17.7. The van der Waals surface area contributed by atoms with Gasteiger partial charge in [-0.1, -0.05) is 25.7 Å². The van der Waals surface area contributed by atoms with Crippen molar-refractivity contribution in [1.29, 1.82) is 0 Å². The monoisotopic (exact) mass is 417 g/mol. The number of phenols is 1. The van der Waals surface area contributed by atoms with E-state index in [-0.39, 0.29) is 11.8 Å². The third kappa shape index (κ3) is 4.05. The summed E-state index contributed by atoms with van der Waals surface area (Å²) in [6.45, 7) is 3.53. The summed E-state index contributed by atoms with van der Waals surface area (Å²) in [4.78, 5) is 15.8. The zero-order chi connectivity index (χ0) is 21.4. The topological polar surface area (TPSA) is 101 Å². The molecule has 2 aliphatic rings. The number of phenolic OH excluding ortho intramolecular Hbond substituents is 1. The minimum atomic E-state index is 0.123. The quantitative estimate of drug-likeness (QED) is 0.493. The van der Waals surface area contributed by atoms with Crippen molar-refractivity contribution < 1.29 is 9.52 Å². The second kappa shape index (κ2) is 8.15. The summed E-state index contributed by atoms with van der Waals surface area (Å²) < 4.78 is 5.58. The summed E-state index contributed by atoms with van der Waals surface area (Å²) in [6.07, 6.45) is 6.99. The molecule has 1 aromatic carbocycles. The van der Waals surface area contributed by atoms with Gasteiger partial charge in [0.05, 0.1) is 16.7 Å². The lowest BCUT2D eigenvalue weighted by atomic mass is 10.0. The fourth-order valence-electron chi connectivity index (χ4n) is 3.85. The van der Waals surface area contributed by atoms with Crippen molar-refractivity contribution in [2.24, 2.45) is 5.73 Å². The van der Waals surface area contributed by atoms with Gasteiger partial charge < -0.3 is 20.2 Å². The molecule has 7 heteroatoms. The number of fused-ring (bicyclic) bond motifs is 2. The molecule has 1 saturated carbocycles. The first-order chi connectivity index (χ1) is 15.1. The average molecular weight is 418 g/mol. The molecule has 4 heterocycles. The molecule has 31 heavy (non-hydrogen) atoms. The van der Waals surface area contributed by atoms with Crippen LogP contribution in [0.1, 0.15) is 38.0 Å². The van der Waals surface area contributed by atoms with Gasteiger partial charge >= 0.3 is 0 Å². The van der Waals surface area contributed by atoms with Crippen molar-refractivity contribution in [3.05, 3.63) is 42.3 Å². The minimum absolute atomic E-state index is 0.123. The second-order valence-electron chi connectivity index (χ2n) is 8.38. The molecule has 3 aromatic heterocycles. The smallest absolute Gasteiger partial charge is 0.192 e. The number of hydrogen-bond donors (Lipinski definition) is 2. The largest absolute Gasteiger partial charge is 0.507 e. The number of benzene rings is 1. The van der Waals surface area contributed by atoms with Gasteiger partial charge in [0.15, 0.2) is 11.5 Å². The highest BCUT2D eigenvalue weighted by Crippen LogP contribution is 2.33. The number of rotatable bonds is 2. The van der Waals surface area contributed by atoms with E-state index < -0.39 is 0 Å². The van der Waals surface area contributed by atoms with Crippen LogP contribution in [0.3, 0.4) is 0 Å². The van der Waals surface area contributed by atoms with Gasteiger partial charge in [0, 0.05) is 37.7 Å². The van der Waals surface area contributed by atoms with E-state index in [1.165, 1.54) is 25.7 Å². The Labute approximate surface area is 180 Å². The predicted molar refractivity (Wildman–Crippen MR) is 122 cm³/mol. The third-order valence-electron chi connectivity index (χ3n) is 5.97. The van der Waals surface area contributed by atoms with Crippen LogP contribution >= 0.6 is 0 Å². The Hall–Kier alpha value is -3.19. The highest BCUT2D eigenvalue weighted by Gasteiger charge is 2.20. The van der Waals surface area contributed by atoms with Crippen LogP contribution in [-0.2, 0) is 0 Å². The van der Waals surface area contributed by atoms with Crippen LogP contribution in [0.2, 0.25) is 0 Å². The second-order valence-corrected chi connectivity index (χ2v) is 8.38. The molecule has 0 bridgehead atoms. The van der Waals surface area contributed by atoms with Crippen molar-refractivity contribution in [1.82, 2.24) is 15.0 Å². The molecule has 0 radical (unpaired) electrons. The van der Waals surface area contributed by atoms with Crippen LogP contribution in [0.25, 0.3) is 33.4 Å².